The van der Waals surface area contributed by atoms with E-state index >= 15 is 0 Å². The summed E-state index contributed by atoms with van der Waals surface area (Å²) < 4.78 is 1.79. The third-order valence-corrected chi connectivity index (χ3v) is 4.40. The molecule has 0 saturated carbocycles. The van der Waals surface area contributed by atoms with Crippen LogP contribution in [0.5, 0.6) is 0 Å². The van der Waals surface area contributed by atoms with Crippen molar-refractivity contribution in [1.82, 2.24) is 0 Å². The monoisotopic (exact) mass is 412 g/mol. The van der Waals surface area contributed by atoms with Crippen LogP contribution in [0.2, 0.25) is 0 Å². The predicted octanol–water partition coefficient (Wildman–Crippen LogP) is 5.29. The van der Waals surface area contributed by atoms with Crippen LogP contribution in [0.3, 0.4) is 0 Å². The van der Waals surface area contributed by atoms with Gasteiger partial charge in [0.1, 0.15) is 0 Å². The minimum absolute atomic E-state index is 0.0866. The van der Waals surface area contributed by atoms with Gasteiger partial charge in [-0.1, -0.05) is 38.8 Å². The average molecular weight is 414 g/mol. The van der Waals surface area contributed by atoms with Crippen molar-refractivity contribution in [2.45, 2.75) is 19.9 Å². The Morgan fingerprint density at radius 2 is 1.90 bits per heavy atom. The van der Waals surface area contributed by atoms with Gasteiger partial charge < -0.3 is 5.32 Å². The van der Waals surface area contributed by atoms with E-state index in [1.807, 2.05) is 12.1 Å². The predicted molar refractivity (Wildman–Crippen MR) is 91.6 cm³/mol. The Morgan fingerprint density at radius 1 is 1.14 bits per heavy atom. The fourth-order valence-corrected chi connectivity index (χ4v) is 2.93. The summed E-state index contributed by atoms with van der Waals surface area (Å²) >= 11 is 6.85. The summed E-state index contributed by atoms with van der Waals surface area (Å²) in [5.74, 6) is 0. The fourth-order valence-electron chi connectivity index (χ4n) is 2.01. The summed E-state index contributed by atoms with van der Waals surface area (Å²) in [4.78, 5) is 10.3. The Hall–Kier alpha value is -1.40. The molecule has 2 aromatic carbocycles. The smallest absolute Gasteiger partial charge is 0.270 e. The molecule has 21 heavy (non-hydrogen) atoms. The van der Waals surface area contributed by atoms with Crippen molar-refractivity contribution >= 4 is 43.2 Å². The van der Waals surface area contributed by atoms with Crippen molar-refractivity contribution in [3.05, 3.63) is 66.6 Å². The van der Waals surface area contributed by atoms with Crippen molar-refractivity contribution in [2.24, 2.45) is 0 Å². The molecule has 0 aliphatic carbocycles. The van der Waals surface area contributed by atoms with Crippen molar-refractivity contribution in [3.63, 3.8) is 0 Å². The number of benzene rings is 2. The number of hydrogen-bond acceptors (Lipinski definition) is 3. The van der Waals surface area contributed by atoms with Gasteiger partial charge in [-0.25, -0.2) is 0 Å². The second-order valence-electron chi connectivity index (χ2n) is 4.54. The number of halogens is 2. The normalized spacial score (nSPS) is 10.4. The van der Waals surface area contributed by atoms with Crippen LogP contribution in [0, 0.1) is 10.1 Å². The van der Waals surface area contributed by atoms with Gasteiger partial charge in [0.2, 0.25) is 0 Å². The third-order valence-electron chi connectivity index (χ3n) is 3.16. The second-order valence-corrected chi connectivity index (χ2v) is 6.31. The molecular weight excluding hydrogens is 400 g/mol. The highest BCUT2D eigenvalue weighted by Crippen LogP contribution is 2.26. The van der Waals surface area contributed by atoms with Crippen LogP contribution >= 0.6 is 31.9 Å². The first kappa shape index (κ1) is 16.0. The molecule has 0 aliphatic rings. The first-order chi connectivity index (χ1) is 10.0. The number of hydrogen-bond donors (Lipinski definition) is 1. The van der Waals surface area contributed by atoms with E-state index in [1.165, 1.54) is 17.7 Å². The van der Waals surface area contributed by atoms with Crippen LogP contribution in [0.15, 0.2) is 45.3 Å². The Labute approximate surface area is 140 Å². The minimum atomic E-state index is -0.397. The number of aryl methyl sites for hydroxylation is 1. The summed E-state index contributed by atoms with van der Waals surface area (Å²) in [6.07, 6.45) is 0.934. The van der Waals surface area contributed by atoms with Gasteiger partial charge in [0.25, 0.3) is 5.69 Å². The summed E-state index contributed by atoms with van der Waals surface area (Å²) in [6.45, 7) is 2.71. The molecule has 0 heterocycles. The zero-order valence-corrected chi connectivity index (χ0v) is 14.6. The van der Waals surface area contributed by atoms with Crippen LogP contribution in [0.25, 0.3) is 0 Å². The first-order valence-corrected chi connectivity index (χ1v) is 8.05. The largest absolute Gasteiger partial charge is 0.381 e. The van der Waals surface area contributed by atoms with Gasteiger partial charge in [-0.15, -0.1) is 0 Å². The van der Waals surface area contributed by atoms with E-state index < -0.39 is 4.92 Å². The summed E-state index contributed by atoms with van der Waals surface area (Å²) in [5, 5.41) is 14.1. The fraction of sp³-hybridized carbons (Fsp3) is 0.200. The molecule has 2 rings (SSSR count). The van der Waals surface area contributed by atoms with Crippen LogP contribution < -0.4 is 5.32 Å². The second kappa shape index (κ2) is 7.04. The SMILES string of the molecule is CCc1cc(Br)ccc1NCc1ccc([N+](=O)[O-])cc1Br. The summed E-state index contributed by atoms with van der Waals surface area (Å²) in [7, 11) is 0. The Balaban J connectivity index is 2.15. The zero-order chi connectivity index (χ0) is 15.4. The van der Waals surface area contributed by atoms with E-state index in [0.29, 0.717) is 6.54 Å². The van der Waals surface area contributed by atoms with Gasteiger partial charge in [-0.2, -0.15) is 0 Å². The van der Waals surface area contributed by atoms with Crippen molar-refractivity contribution in [1.29, 1.82) is 0 Å². The van der Waals surface area contributed by atoms with E-state index in [-0.39, 0.29) is 5.69 Å². The molecule has 6 heteroatoms. The maximum Gasteiger partial charge on any atom is 0.270 e. The van der Waals surface area contributed by atoms with E-state index in [9.17, 15) is 10.1 Å². The molecule has 0 spiro atoms. The molecule has 0 aliphatic heterocycles. The van der Waals surface area contributed by atoms with Gasteiger partial charge in [0.05, 0.1) is 4.92 Å². The highest BCUT2D eigenvalue weighted by Gasteiger charge is 2.09. The van der Waals surface area contributed by atoms with Gasteiger partial charge in [-0.3, -0.25) is 10.1 Å². The van der Waals surface area contributed by atoms with Crippen molar-refractivity contribution in [2.75, 3.05) is 5.32 Å². The lowest BCUT2D eigenvalue weighted by Gasteiger charge is -2.12. The third kappa shape index (κ3) is 4.04. The topological polar surface area (TPSA) is 55.2 Å². The number of nitrogens with one attached hydrogen (secondary N) is 1. The van der Waals surface area contributed by atoms with E-state index in [0.717, 1.165) is 26.6 Å². The molecule has 0 unspecified atom stereocenters. The van der Waals surface area contributed by atoms with Crippen molar-refractivity contribution < 1.29 is 4.92 Å². The van der Waals surface area contributed by atoms with Crippen molar-refractivity contribution in [3.8, 4) is 0 Å². The molecule has 0 aromatic heterocycles. The maximum absolute atomic E-state index is 10.7. The molecule has 0 fully saturated rings. The highest BCUT2D eigenvalue weighted by molar-refractivity contribution is 9.10. The Bertz CT molecular complexity index is 675. The molecule has 110 valence electrons. The van der Waals surface area contributed by atoms with E-state index in [4.69, 9.17) is 0 Å². The standard InChI is InChI=1S/C15H14Br2N2O2/c1-2-10-7-12(16)4-6-15(10)18-9-11-3-5-13(19(20)21)8-14(11)17/h3-8,18H,2,9H2,1H3. The molecule has 0 bridgehead atoms. The molecule has 0 saturated heterocycles. The Morgan fingerprint density at radius 3 is 2.52 bits per heavy atom. The van der Waals surface area contributed by atoms with Gasteiger partial charge in [0.15, 0.2) is 0 Å². The zero-order valence-electron chi connectivity index (χ0n) is 11.4. The summed E-state index contributed by atoms with van der Waals surface area (Å²) in [6, 6.07) is 10.9. The quantitative estimate of drug-likeness (QED) is 0.534. The molecule has 0 atom stereocenters. The molecule has 1 N–H and O–H groups in total. The Kier molecular flexibility index (Phi) is 5.36. The van der Waals surface area contributed by atoms with Crippen LogP contribution in [0.4, 0.5) is 11.4 Å². The number of non-ortho nitro benzene ring substituents is 1. The number of nitro groups is 1. The molecule has 4 nitrogen and oxygen atoms in total. The maximum atomic E-state index is 10.7. The average Bonchev–Trinajstić information content (AvgIpc) is 2.46. The van der Waals surface area contributed by atoms with Gasteiger partial charge in [-0.05, 0) is 41.8 Å². The lowest BCUT2D eigenvalue weighted by atomic mass is 10.1. The first-order valence-electron chi connectivity index (χ1n) is 6.46. The highest BCUT2D eigenvalue weighted by atomic mass is 79.9. The van der Waals surface area contributed by atoms with E-state index in [2.05, 4.69) is 50.2 Å². The van der Waals surface area contributed by atoms with Crippen LogP contribution in [0.1, 0.15) is 18.1 Å². The summed E-state index contributed by atoms with van der Waals surface area (Å²) in [5.41, 5.74) is 3.36. The lowest BCUT2D eigenvalue weighted by Crippen LogP contribution is -2.03. The molecule has 0 radical (unpaired) electrons. The van der Waals surface area contributed by atoms with Crippen LogP contribution in [-0.2, 0) is 13.0 Å². The number of nitro benzene ring substituents is 1. The number of anilines is 1. The van der Waals surface area contributed by atoms with E-state index in [1.54, 1.807) is 6.07 Å². The molecule has 2 aromatic rings. The lowest BCUT2D eigenvalue weighted by molar-refractivity contribution is -0.384. The van der Waals surface area contributed by atoms with Crippen LogP contribution in [-0.4, -0.2) is 4.92 Å². The number of rotatable bonds is 5. The number of nitrogens with zero attached hydrogens (tertiary/aromatic N) is 1. The van der Waals surface area contributed by atoms with Gasteiger partial charge in [0, 0.05) is 33.3 Å². The van der Waals surface area contributed by atoms with Gasteiger partial charge >= 0.3 is 0 Å². The molecular formula is C15H14Br2N2O2. The molecule has 0 amide bonds. The minimum Gasteiger partial charge on any atom is -0.381 e.